The number of amides is 1. The Morgan fingerprint density at radius 3 is 2.53 bits per heavy atom. The Labute approximate surface area is 214 Å². The van der Waals surface area contributed by atoms with Gasteiger partial charge in [0.1, 0.15) is 22.8 Å². The number of carbonyl (C=O) groups excluding carboxylic acids is 2. The summed E-state index contributed by atoms with van der Waals surface area (Å²) in [5, 5.41) is 52.8. The molecule has 11 nitrogen and oxygen atoms in total. The molecule has 0 saturated carbocycles. The first-order valence-electron chi connectivity index (χ1n) is 11.6. The molecular weight excluding hydrogens is 513 g/mol. The number of alkyl halides is 3. The number of phenolic OH excluding ortho intramolecular Hbond substituents is 1. The number of rotatable bonds is 6. The number of benzene rings is 1. The first kappa shape index (κ1) is 27.6. The number of nitrogens with one attached hydrogen (secondary N) is 2. The predicted octanol–water partition coefficient (Wildman–Crippen LogP) is 1.15. The monoisotopic (exact) mass is 540 g/mol. The molecule has 8 N–H and O–H groups in total. The second-order valence-corrected chi connectivity index (χ2v) is 9.83. The maximum atomic E-state index is 13.6. The number of hydroxylamine groups is 1. The van der Waals surface area contributed by atoms with Crippen molar-refractivity contribution < 1.29 is 48.0 Å². The van der Waals surface area contributed by atoms with E-state index in [0.29, 0.717) is 11.1 Å². The van der Waals surface area contributed by atoms with Crippen LogP contribution in [0.3, 0.4) is 0 Å². The molecule has 206 valence electrons. The molecule has 14 heteroatoms. The smallest absolute Gasteiger partial charge is 0.413 e. The third kappa shape index (κ3) is 4.22. The molecular formula is C24H27F3N4O7. The van der Waals surface area contributed by atoms with Gasteiger partial charge in [0.25, 0.3) is 5.91 Å². The van der Waals surface area contributed by atoms with Gasteiger partial charge in [0.15, 0.2) is 18.0 Å². The summed E-state index contributed by atoms with van der Waals surface area (Å²) in [4.78, 5) is 31.6. The normalized spacial score (nSPS) is 27.4. The fraction of sp³-hybridized carbons (Fsp3) is 0.458. The van der Waals surface area contributed by atoms with E-state index in [9.17, 15) is 43.2 Å². The summed E-state index contributed by atoms with van der Waals surface area (Å²) in [5.41, 5.74) is 3.70. The fourth-order valence-electron chi connectivity index (χ4n) is 5.79. The molecule has 3 aliphatic carbocycles. The van der Waals surface area contributed by atoms with E-state index >= 15 is 0 Å². The summed E-state index contributed by atoms with van der Waals surface area (Å²) < 4.78 is 37.2. The van der Waals surface area contributed by atoms with Gasteiger partial charge in [-0.15, -0.1) is 0 Å². The van der Waals surface area contributed by atoms with Crippen LogP contribution in [-0.2, 0) is 22.6 Å². The SMILES string of the molecule is CN(C)[C@H]1C(O)=C(C(N)=O)C(=N)[C@@]2(O)C(O)=C3C(=O)c4c(O)ccc(CNOCC(F)(F)F)c4C[C@H]3C[C@@H]12. The van der Waals surface area contributed by atoms with E-state index in [1.807, 2.05) is 0 Å². The van der Waals surface area contributed by atoms with Crippen LogP contribution in [0.2, 0.25) is 0 Å². The highest BCUT2D eigenvalue weighted by Crippen LogP contribution is 2.52. The molecule has 0 bridgehead atoms. The highest BCUT2D eigenvalue weighted by molar-refractivity contribution is 6.26. The van der Waals surface area contributed by atoms with Crippen LogP contribution in [0.4, 0.5) is 13.2 Å². The lowest BCUT2D eigenvalue weighted by molar-refractivity contribution is -0.190. The van der Waals surface area contributed by atoms with Crippen LogP contribution < -0.4 is 11.2 Å². The average molecular weight is 540 g/mol. The number of aromatic hydroxyl groups is 1. The van der Waals surface area contributed by atoms with Crippen LogP contribution in [0.15, 0.2) is 34.8 Å². The van der Waals surface area contributed by atoms with Crippen molar-refractivity contribution in [3.8, 4) is 5.75 Å². The molecule has 0 aliphatic heterocycles. The number of fused-ring (bicyclic) bond motifs is 3. The summed E-state index contributed by atoms with van der Waals surface area (Å²) >= 11 is 0. The molecule has 0 aromatic heterocycles. The molecule has 0 heterocycles. The minimum atomic E-state index is -4.56. The summed E-state index contributed by atoms with van der Waals surface area (Å²) in [6.45, 7) is -1.77. The summed E-state index contributed by atoms with van der Waals surface area (Å²) in [7, 11) is 3.10. The zero-order chi connectivity index (χ0) is 28.3. The Balaban J connectivity index is 1.79. The number of halogens is 3. The minimum Gasteiger partial charge on any atom is -0.510 e. The molecule has 3 aliphatic rings. The number of nitrogens with zero attached hydrogens (tertiary/aromatic N) is 1. The maximum absolute atomic E-state index is 13.6. The van der Waals surface area contributed by atoms with Gasteiger partial charge in [-0.3, -0.25) is 19.3 Å². The summed E-state index contributed by atoms with van der Waals surface area (Å²) in [6.07, 6.45) is -4.55. The number of allylic oxidation sites excluding steroid dienone is 1. The van der Waals surface area contributed by atoms with E-state index in [-0.39, 0.29) is 30.5 Å². The van der Waals surface area contributed by atoms with E-state index in [2.05, 4.69) is 10.3 Å². The van der Waals surface area contributed by atoms with E-state index in [1.54, 1.807) is 14.1 Å². The van der Waals surface area contributed by atoms with E-state index in [1.165, 1.54) is 17.0 Å². The molecule has 4 rings (SSSR count). The number of ketones is 1. The number of aliphatic hydroxyl groups excluding tert-OH is 2. The molecule has 1 amide bonds. The Kier molecular flexibility index (Phi) is 6.80. The van der Waals surface area contributed by atoms with Gasteiger partial charge in [0.05, 0.1) is 17.3 Å². The Morgan fingerprint density at radius 2 is 1.95 bits per heavy atom. The van der Waals surface area contributed by atoms with Crippen LogP contribution in [-0.4, -0.2) is 81.2 Å². The maximum Gasteiger partial charge on any atom is 0.413 e. The van der Waals surface area contributed by atoms with Crippen molar-refractivity contribution in [1.82, 2.24) is 10.4 Å². The molecule has 1 aromatic rings. The largest absolute Gasteiger partial charge is 0.510 e. The van der Waals surface area contributed by atoms with Crippen LogP contribution in [0, 0.1) is 17.2 Å². The number of primary amides is 1. The molecule has 1 aromatic carbocycles. The number of hydrogen-bond acceptors (Lipinski definition) is 10. The van der Waals surface area contributed by atoms with Crippen molar-refractivity contribution >= 4 is 17.4 Å². The van der Waals surface area contributed by atoms with Gasteiger partial charge < -0.3 is 31.6 Å². The molecule has 0 fully saturated rings. The third-order valence-electron chi connectivity index (χ3n) is 7.36. The minimum absolute atomic E-state index is 0.0322. The first-order valence-corrected chi connectivity index (χ1v) is 11.6. The van der Waals surface area contributed by atoms with E-state index in [4.69, 9.17) is 11.1 Å². The lowest BCUT2D eigenvalue weighted by atomic mass is 9.58. The van der Waals surface area contributed by atoms with Gasteiger partial charge in [0, 0.05) is 18.0 Å². The second-order valence-electron chi connectivity index (χ2n) is 9.83. The van der Waals surface area contributed by atoms with Crippen LogP contribution in [0.25, 0.3) is 0 Å². The van der Waals surface area contributed by atoms with Crippen molar-refractivity contribution in [2.24, 2.45) is 17.6 Å². The molecule has 0 saturated heterocycles. The number of nitrogens with two attached hydrogens (primary N) is 1. The van der Waals surface area contributed by atoms with E-state index < -0.39 is 76.5 Å². The van der Waals surface area contributed by atoms with Gasteiger partial charge in [-0.1, -0.05) is 6.07 Å². The number of phenols is 1. The van der Waals surface area contributed by atoms with Crippen LogP contribution >= 0.6 is 0 Å². The topological polar surface area (TPSA) is 189 Å². The van der Waals surface area contributed by atoms with Crippen molar-refractivity contribution in [1.29, 1.82) is 5.41 Å². The quantitative estimate of drug-likeness (QED) is 0.205. The van der Waals surface area contributed by atoms with Gasteiger partial charge in [-0.05, 0) is 50.0 Å². The zero-order valence-corrected chi connectivity index (χ0v) is 20.4. The second kappa shape index (κ2) is 9.38. The lowest BCUT2D eigenvalue weighted by Crippen LogP contribution is -2.63. The zero-order valence-electron chi connectivity index (χ0n) is 20.4. The van der Waals surface area contributed by atoms with Crippen LogP contribution in [0.1, 0.15) is 27.9 Å². The number of carbonyl (C=O) groups is 2. The van der Waals surface area contributed by atoms with Crippen molar-refractivity contribution in [2.45, 2.75) is 37.2 Å². The molecule has 38 heavy (non-hydrogen) atoms. The average Bonchev–Trinajstić information content (AvgIpc) is 2.79. The highest BCUT2D eigenvalue weighted by atomic mass is 19.4. The van der Waals surface area contributed by atoms with Gasteiger partial charge in [0.2, 0.25) is 0 Å². The number of Topliss-reactive ketones (excluding diaryl/α,β-unsaturated/α-hetero) is 1. The molecule has 0 unspecified atom stereocenters. The predicted molar refractivity (Wildman–Crippen MR) is 125 cm³/mol. The molecule has 4 atom stereocenters. The van der Waals surface area contributed by atoms with Crippen molar-refractivity contribution in [2.75, 3.05) is 20.7 Å². The number of likely N-dealkylation sites (N-methyl/N-ethyl adjacent to an activating group) is 1. The van der Waals surface area contributed by atoms with Crippen LogP contribution in [0.5, 0.6) is 5.75 Å². The van der Waals surface area contributed by atoms with E-state index in [0.717, 1.165) is 0 Å². The lowest BCUT2D eigenvalue weighted by Gasteiger charge is -2.51. The van der Waals surface area contributed by atoms with Crippen molar-refractivity contribution in [3.63, 3.8) is 0 Å². The van der Waals surface area contributed by atoms with Gasteiger partial charge in [-0.25, -0.2) is 0 Å². The Morgan fingerprint density at radius 1 is 1.29 bits per heavy atom. The molecule has 0 spiro atoms. The highest BCUT2D eigenvalue weighted by Gasteiger charge is 2.61. The number of aliphatic hydroxyl groups is 3. The molecule has 0 radical (unpaired) electrons. The third-order valence-corrected chi connectivity index (χ3v) is 7.36. The fourth-order valence-corrected chi connectivity index (χ4v) is 5.79. The first-order chi connectivity index (χ1) is 17.6. The summed E-state index contributed by atoms with van der Waals surface area (Å²) in [6, 6.07) is 1.54. The van der Waals surface area contributed by atoms with Gasteiger partial charge >= 0.3 is 6.18 Å². The number of hydrogen-bond donors (Lipinski definition) is 7. The summed E-state index contributed by atoms with van der Waals surface area (Å²) in [5.74, 6) is -5.75. The van der Waals surface area contributed by atoms with Gasteiger partial charge in [-0.2, -0.15) is 18.7 Å². The standard InChI is InChI=1S/C24H27F3N4O7/c1-31(2)17-12-6-10-5-11-9(7-30-38-8-23(25,26)27)3-4-13(32)15(11)18(33)14(10)21(35)24(12,37)20(28)16(19(17)34)22(29)36/h3-4,10,12,17,28,30,32,34-35,37H,5-8H2,1-2H3,(H2,29,36)/t10-,12-,17+,24+/m0/s1. The Hall–Kier alpha value is -3.46. The van der Waals surface area contributed by atoms with Crippen molar-refractivity contribution in [3.05, 3.63) is 51.5 Å². The Bertz CT molecular complexity index is 1290.